The van der Waals surface area contributed by atoms with Gasteiger partial charge >= 0.3 is 6.18 Å². The number of hydrogen-bond acceptors (Lipinski definition) is 2. The minimum atomic E-state index is -4.33. The van der Waals surface area contributed by atoms with E-state index >= 15 is 0 Å². The molecule has 2 aromatic rings. The summed E-state index contributed by atoms with van der Waals surface area (Å²) in [5.41, 5.74) is 1.56. The van der Waals surface area contributed by atoms with Crippen molar-refractivity contribution in [3.8, 4) is 11.3 Å². The van der Waals surface area contributed by atoms with Gasteiger partial charge in [-0.3, -0.25) is 5.10 Å². The Balaban J connectivity index is 2.25. The van der Waals surface area contributed by atoms with Gasteiger partial charge in [0.15, 0.2) is 0 Å². The van der Waals surface area contributed by atoms with E-state index < -0.39 is 11.7 Å². The van der Waals surface area contributed by atoms with Crippen LogP contribution >= 0.6 is 0 Å². The number of halogens is 3. The average molecular weight is 270 g/mol. The van der Waals surface area contributed by atoms with Crippen molar-refractivity contribution >= 4 is 0 Å². The fourth-order valence-electron chi connectivity index (χ4n) is 1.85. The Hall–Kier alpha value is -1.82. The molecule has 1 heterocycles. The molecule has 1 aromatic heterocycles. The van der Waals surface area contributed by atoms with Crippen molar-refractivity contribution in [1.82, 2.24) is 10.2 Å². The SMILES string of the molecule is OCCCc1cn[nH]c1-c1ccc(C(F)(F)F)cc1. The number of aromatic amines is 1. The lowest BCUT2D eigenvalue weighted by molar-refractivity contribution is -0.137. The van der Waals surface area contributed by atoms with E-state index in [1.807, 2.05) is 0 Å². The Morgan fingerprint density at radius 1 is 1.16 bits per heavy atom. The van der Waals surface area contributed by atoms with E-state index in [1.165, 1.54) is 12.1 Å². The van der Waals surface area contributed by atoms with Gasteiger partial charge in [-0.15, -0.1) is 0 Å². The zero-order chi connectivity index (χ0) is 13.9. The van der Waals surface area contributed by atoms with Crippen LogP contribution in [0.15, 0.2) is 30.5 Å². The molecule has 0 saturated heterocycles. The van der Waals surface area contributed by atoms with Gasteiger partial charge in [0.2, 0.25) is 0 Å². The highest BCUT2D eigenvalue weighted by atomic mass is 19.4. The summed E-state index contributed by atoms with van der Waals surface area (Å²) < 4.78 is 37.4. The van der Waals surface area contributed by atoms with Crippen LogP contribution in [0.3, 0.4) is 0 Å². The van der Waals surface area contributed by atoms with Gasteiger partial charge in [-0.2, -0.15) is 18.3 Å². The highest BCUT2D eigenvalue weighted by Crippen LogP contribution is 2.31. The maximum Gasteiger partial charge on any atom is 0.416 e. The molecule has 2 rings (SSSR count). The maximum atomic E-state index is 12.5. The molecular formula is C13H13F3N2O. The predicted molar refractivity (Wildman–Crippen MR) is 64.4 cm³/mol. The highest BCUT2D eigenvalue weighted by Gasteiger charge is 2.30. The molecule has 0 aliphatic rings. The summed E-state index contributed by atoms with van der Waals surface area (Å²) >= 11 is 0. The monoisotopic (exact) mass is 270 g/mol. The first-order valence-corrected chi connectivity index (χ1v) is 5.83. The third-order valence-electron chi connectivity index (χ3n) is 2.82. The highest BCUT2D eigenvalue weighted by molar-refractivity contribution is 5.63. The lowest BCUT2D eigenvalue weighted by Gasteiger charge is -2.07. The second-order valence-electron chi connectivity index (χ2n) is 4.17. The Labute approximate surface area is 108 Å². The molecular weight excluding hydrogens is 257 g/mol. The molecule has 2 N–H and O–H groups in total. The average Bonchev–Trinajstić information content (AvgIpc) is 2.83. The Bertz CT molecular complexity index is 532. The third-order valence-corrected chi connectivity index (χ3v) is 2.82. The number of aromatic nitrogens is 2. The number of alkyl halides is 3. The first-order valence-electron chi connectivity index (χ1n) is 5.83. The van der Waals surface area contributed by atoms with Gasteiger partial charge in [-0.25, -0.2) is 0 Å². The molecule has 0 spiro atoms. The van der Waals surface area contributed by atoms with Crippen LogP contribution in [-0.4, -0.2) is 21.9 Å². The summed E-state index contributed by atoms with van der Waals surface area (Å²) in [4.78, 5) is 0. The van der Waals surface area contributed by atoms with Crippen LogP contribution in [0.25, 0.3) is 11.3 Å². The number of aliphatic hydroxyl groups excluding tert-OH is 1. The van der Waals surface area contributed by atoms with E-state index in [0.29, 0.717) is 24.1 Å². The third kappa shape index (κ3) is 3.14. The summed E-state index contributed by atoms with van der Waals surface area (Å²) in [7, 11) is 0. The molecule has 0 unspecified atom stereocenters. The van der Waals surface area contributed by atoms with Gasteiger partial charge in [-0.1, -0.05) is 12.1 Å². The number of hydrogen-bond donors (Lipinski definition) is 2. The van der Waals surface area contributed by atoms with Crippen molar-refractivity contribution in [2.45, 2.75) is 19.0 Å². The molecule has 6 heteroatoms. The number of rotatable bonds is 4. The molecule has 1 aromatic carbocycles. The van der Waals surface area contributed by atoms with Crippen LogP contribution in [-0.2, 0) is 12.6 Å². The normalized spacial score (nSPS) is 11.8. The van der Waals surface area contributed by atoms with Crippen LogP contribution in [0.4, 0.5) is 13.2 Å². The van der Waals surface area contributed by atoms with Crippen molar-refractivity contribution in [1.29, 1.82) is 0 Å². The number of nitrogens with zero attached hydrogens (tertiary/aromatic N) is 1. The smallest absolute Gasteiger partial charge is 0.396 e. The predicted octanol–water partition coefficient (Wildman–Crippen LogP) is 3.02. The quantitative estimate of drug-likeness (QED) is 0.897. The van der Waals surface area contributed by atoms with Gasteiger partial charge in [0.1, 0.15) is 0 Å². The van der Waals surface area contributed by atoms with Crippen LogP contribution < -0.4 is 0 Å². The minimum Gasteiger partial charge on any atom is -0.396 e. The zero-order valence-corrected chi connectivity index (χ0v) is 10.0. The number of H-pyrrole nitrogens is 1. The number of benzene rings is 1. The molecule has 0 aliphatic heterocycles. The van der Waals surface area contributed by atoms with Gasteiger partial charge < -0.3 is 5.11 Å². The van der Waals surface area contributed by atoms with E-state index in [1.54, 1.807) is 6.20 Å². The van der Waals surface area contributed by atoms with Crippen molar-refractivity contribution in [3.05, 3.63) is 41.6 Å². The maximum absolute atomic E-state index is 12.5. The van der Waals surface area contributed by atoms with Crippen LogP contribution in [0.5, 0.6) is 0 Å². The lowest BCUT2D eigenvalue weighted by Crippen LogP contribution is -2.04. The molecule has 0 radical (unpaired) electrons. The van der Waals surface area contributed by atoms with Gasteiger partial charge in [0.25, 0.3) is 0 Å². The second kappa shape index (κ2) is 5.44. The van der Waals surface area contributed by atoms with E-state index in [4.69, 9.17) is 5.11 Å². The van der Waals surface area contributed by atoms with Gasteiger partial charge in [0, 0.05) is 6.61 Å². The lowest BCUT2D eigenvalue weighted by atomic mass is 10.0. The van der Waals surface area contributed by atoms with E-state index in [2.05, 4.69) is 10.2 Å². The summed E-state index contributed by atoms with van der Waals surface area (Å²) in [6.45, 7) is 0.0671. The Morgan fingerprint density at radius 3 is 2.42 bits per heavy atom. The van der Waals surface area contributed by atoms with Crippen LogP contribution in [0.1, 0.15) is 17.5 Å². The topological polar surface area (TPSA) is 48.9 Å². The summed E-state index contributed by atoms with van der Waals surface area (Å²) in [5.74, 6) is 0. The summed E-state index contributed by atoms with van der Waals surface area (Å²) in [6.07, 6.45) is -1.48. The minimum absolute atomic E-state index is 0.0671. The molecule has 0 atom stereocenters. The van der Waals surface area contributed by atoms with E-state index in [9.17, 15) is 13.2 Å². The van der Waals surface area contributed by atoms with E-state index in [0.717, 1.165) is 17.7 Å². The molecule has 0 amide bonds. The van der Waals surface area contributed by atoms with Crippen LogP contribution in [0, 0.1) is 0 Å². The first kappa shape index (κ1) is 13.6. The molecule has 0 bridgehead atoms. The molecule has 19 heavy (non-hydrogen) atoms. The van der Waals surface area contributed by atoms with Crippen molar-refractivity contribution < 1.29 is 18.3 Å². The Kier molecular flexibility index (Phi) is 3.90. The molecule has 3 nitrogen and oxygen atoms in total. The van der Waals surface area contributed by atoms with Crippen molar-refractivity contribution in [2.75, 3.05) is 6.61 Å². The molecule has 102 valence electrons. The fourth-order valence-corrected chi connectivity index (χ4v) is 1.85. The van der Waals surface area contributed by atoms with Crippen LogP contribution in [0.2, 0.25) is 0 Å². The number of aryl methyl sites for hydroxylation is 1. The Morgan fingerprint density at radius 2 is 1.84 bits per heavy atom. The largest absolute Gasteiger partial charge is 0.416 e. The van der Waals surface area contributed by atoms with Gasteiger partial charge in [-0.05, 0) is 36.1 Å². The first-order chi connectivity index (χ1) is 9.02. The van der Waals surface area contributed by atoms with Crippen molar-refractivity contribution in [3.63, 3.8) is 0 Å². The second-order valence-corrected chi connectivity index (χ2v) is 4.17. The molecule has 0 fully saturated rings. The standard InChI is InChI=1S/C13H13F3N2O/c14-13(15,16)11-5-3-9(4-6-11)12-10(2-1-7-19)8-17-18-12/h3-6,8,19H,1-2,7H2,(H,17,18). The van der Waals surface area contributed by atoms with E-state index in [-0.39, 0.29) is 6.61 Å². The summed E-state index contributed by atoms with van der Waals surface area (Å²) in [6, 6.07) is 4.93. The van der Waals surface area contributed by atoms with Crippen molar-refractivity contribution in [2.24, 2.45) is 0 Å². The molecule has 0 aliphatic carbocycles. The molecule has 0 saturated carbocycles. The number of aliphatic hydroxyl groups is 1. The number of nitrogens with one attached hydrogen (secondary N) is 1. The fraction of sp³-hybridized carbons (Fsp3) is 0.308. The van der Waals surface area contributed by atoms with Gasteiger partial charge in [0.05, 0.1) is 17.5 Å². The summed E-state index contributed by atoms with van der Waals surface area (Å²) in [5, 5.41) is 15.5. The zero-order valence-electron chi connectivity index (χ0n) is 10.0.